The predicted molar refractivity (Wildman–Crippen MR) is 64.0 cm³/mol. The molecule has 1 aromatic carbocycles. The minimum absolute atomic E-state index is 0.348. The minimum atomic E-state index is -1.28. The fourth-order valence-electron chi connectivity index (χ4n) is 1.50. The molecule has 0 saturated heterocycles. The molecule has 0 amide bonds. The van der Waals surface area contributed by atoms with Crippen LogP contribution in [0.1, 0.15) is 10.4 Å². The number of nitrogens with one attached hydrogen (secondary N) is 1. The van der Waals surface area contributed by atoms with Crippen LogP contribution in [-0.2, 0) is 0 Å². The van der Waals surface area contributed by atoms with Crippen LogP contribution >= 0.6 is 12.2 Å². The molecule has 0 unspecified atom stereocenters. The molecule has 0 aliphatic carbocycles. The maximum absolute atomic E-state index is 13.5. The lowest BCUT2D eigenvalue weighted by atomic mass is 10.1. The van der Waals surface area contributed by atoms with Crippen molar-refractivity contribution in [3.8, 4) is 11.1 Å². The Hall–Kier alpha value is -2.01. The molecule has 0 aliphatic rings. The summed E-state index contributed by atoms with van der Waals surface area (Å²) in [5, 5.41) is 8.71. The highest BCUT2D eigenvalue weighted by Gasteiger charge is 2.11. The van der Waals surface area contributed by atoms with Crippen molar-refractivity contribution in [2.24, 2.45) is 0 Å². The van der Waals surface area contributed by atoms with Gasteiger partial charge in [0.1, 0.15) is 5.82 Å². The number of hydrogen-bond acceptors (Lipinski definition) is 2. The van der Waals surface area contributed by atoms with E-state index in [0.717, 1.165) is 0 Å². The Bertz CT molecular complexity index is 636. The molecular formula is C12H8FNO2S. The quantitative estimate of drug-likeness (QED) is 0.803. The zero-order valence-electron chi connectivity index (χ0n) is 8.61. The number of rotatable bonds is 2. The summed E-state index contributed by atoms with van der Waals surface area (Å²) in [6.45, 7) is 0. The van der Waals surface area contributed by atoms with Crippen LogP contribution in [0.15, 0.2) is 36.7 Å². The van der Waals surface area contributed by atoms with E-state index >= 15 is 0 Å². The predicted octanol–water partition coefficient (Wildman–Crippen LogP) is 3.25. The van der Waals surface area contributed by atoms with Crippen LogP contribution in [0.3, 0.4) is 0 Å². The number of carboxylic acids is 1. The molecule has 0 atom stereocenters. The SMILES string of the molecule is O=C(O)c1ccc(-c2c[nH]ccc2=S)cc1F. The molecule has 2 N–H and O–H groups in total. The lowest BCUT2D eigenvalue weighted by Gasteiger charge is -2.03. The largest absolute Gasteiger partial charge is 0.478 e. The zero-order chi connectivity index (χ0) is 12.4. The van der Waals surface area contributed by atoms with E-state index in [9.17, 15) is 9.18 Å². The molecule has 0 saturated carbocycles. The molecule has 0 radical (unpaired) electrons. The van der Waals surface area contributed by atoms with E-state index in [4.69, 9.17) is 17.3 Å². The molecule has 3 nitrogen and oxygen atoms in total. The highest BCUT2D eigenvalue weighted by Crippen LogP contribution is 2.22. The molecule has 0 spiro atoms. The van der Waals surface area contributed by atoms with Gasteiger partial charge in [-0.25, -0.2) is 9.18 Å². The van der Waals surface area contributed by atoms with Gasteiger partial charge in [0.2, 0.25) is 0 Å². The van der Waals surface area contributed by atoms with Crippen LogP contribution in [0.4, 0.5) is 4.39 Å². The van der Waals surface area contributed by atoms with Crippen LogP contribution in [-0.4, -0.2) is 16.1 Å². The number of aromatic nitrogens is 1. The molecule has 0 fully saturated rings. The molecule has 1 aromatic heterocycles. The van der Waals surface area contributed by atoms with Crippen LogP contribution in [0.5, 0.6) is 0 Å². The average Bonchev–Trinajstić information content (AvgIpc) is 2.29. The summed E-state index contributed by atoms with van der Waals surface area (Å²) in [5.41, 5.74) is 0.868. The van der Waals surface area contributed by atoms with Crippen LogP contribution in [0.25, 0.3) is 11.1 Å². The Balaban J connectivity index is 2.56. The third-order valence-corrected chi connectivity index (χ3v) is 2.69. The minimum Gasteiger partial charge on any atom is -0.478 e. The number of benzene rings is 1. The first-order chi connectivity index (χ1) is 8.09. The van der Waals surface area contributed by atoms with Crippen LogP contribution in [0.2, 0.25) is 0 Å². The van der Waals surface area contributed by atoms with Gasteiger partial charge in [0.15, 0.2) is 0 Å². The fraction of sp³-hybridized carbons (Fsp3) is 0. The number of aromatic amines is 1. The van der Waals surface area contributed by atoms with Gasteiger partial charge in [-0.05, 0) is 23.8 Å². The summed E-state index contributed by atoms with van der Waals surface area (Å²) in [7, 11) is 0. The third kappa shape index (κ3) is 2.24. The van der Waals surface area contributed by atoms with Gasteiger partial charge in [-0.1, -0.05) is 18.3 Å². The van der Waals surface area contributed by atoms with Gasteiger partial charge in [0.05, 0.1) is 5.56 Å². The summed E-state index contributed by atoms with van der Waals surface area (Å²) in [6, 6.07) is 5.62. The van der Waals surface area contributed by atoms with Gasteiger partial charge in [-0.2, -0.15) is 0 Å². The first kappa shape index (κ1) is 11.5. The van der Waals surface area contributed by atoms with E-state index in [1.54, 1.807) is 18.5 Å². The summed E-state index contributed by atoms with van der Waals surface area (Å²) >= 11 is 5.10. The number of H-pyrrole nitrogens is 1. The van der Waals surface area contributed by atoms with Gasteiger partial charge in [-0.15, -0.1) is 0 Å². The van der Waals surface area contributed by atoms with Crippen LogP contribution < -0.4 is 0 Å². The summed E-state index contributed by atoms with van der Waals surface area (Å²) in [4.78, 5) is 13.5. The van der Waals surface area contributed by atoms with E-state index in [0.29, 0.717) is 15.6 Å². The topological polar surface area (TPSA) is 53.1 Å². The fourth-order valence-corrected chi connectivity index (χ4v) is 1.74. The van der Waals surface area contributed by atoms with Crippen molar-refractivity contribution < 1.29 is 14.3 Å². The van der Waals surface area contributed by atoms with Crippen molar-refractivity contribution in [1.82, 2.24) is 4.98 Å². The lowest BCUT2D eigenvalue weighted by Crippen LogP contribution is -2.00. The smallest absolute Gasteiger partial charge is 0.338 e. The highest BCUT2D eigenvalue weighted by molar-refractivity contribution is 7.71. The second kappa shape index (κ2) is 4.47. The van der Waals surface area contributed by atoms with Gasteiger partial charge in [0, 0.05) is 22.5 Å². The van der Waals surface area contributed by atoms with E-state index in [2.05, 4.69) is 4.98 Å². The Morgan fingerprint density at radius 3 is 2.71 bits per heavy atom. The average molecular weight is 249 g/mol. The Kier molecular flexibility index (Phi) is 3.01. The molecule has 0 aliphatic heterocycles. The first-order valence-electron chi connectivity index (χ1n) is 4.80. The number of pyridine rings is 1. The van der Waals surface area contributed by atoms with Crippen molar-refractivity contribution in [3.05, 3.63) is 52.5 Å². The Morgan fingerprint density at radius 2 is 2.12 bits per heavy atom. The van der Waals surface area contributed by atoms with Gasteiger partial charge in [-0.3, -0.25) is 0 Å². The van der Waals surface area contributed by atoms with Crippen molar-refractivity contribution in [2.45, 2.75) is 0 Å². The highest BCUT2D eigenvalue weighted by atomic mass is 32.1. The van der Waals surface area contributed by atoms with E-state index in [1.165, 1.54) is 18.2 Å². The second-order valence-corrected chi connectivity index (χ2v) is 3.86. The molecule has 0 bridgehead atoms. The summed E-state index contributed by atoms with van der Waals surface area (Å²) < 4.78 is 14.1. The number of carbonyl (C=O) groups is 1. The molecule has 1 heterocycles. The number of carboxylic acid groups (broad SMARTS) is 1. The van der Waals surface area contributed by atoms with E-state index < -0.39 is 11.8 Å². The van der Waals surface area contributed by atoms with Crippen molar-refractivity contribution >= 4 is 18.2 Å². The Labute approximate surface area is 102 Å². The molecular weight excluding hydrogens is 241 g/mol. The maximum Gasteiger partial charge on any atom is 0.338 e. The van der Waals surface area contributed by atoms with Crippen molar-refractivity contribution in [3.63, 3.8) is 0 Å². The maximum atomic E-state index is 13.5. The molecule has 2 aromatic rings. The second-order valence-electron chi connectivity index (χ2n) is 3.42. The monoisotopic (exact) mass is 249 g/mol. The van der Waals surface area contributed by atoms with Gasteiger partial charge >= 0.3 is 5.97 Å². The number of hydrogen-bond donors (Lipinski definition) is 2. The molecule has 17 heavy (non-hydrogen) atoms. The van der Waals surface area contributed by atoms with E-state index in [1.807, 2.05) is 0 Å². The molecule has 2 rings (SSSR count). The van der Waals surface area contributed by atoms with Crippen molar-refractivity contribution in [2.75, 3.05) is 0 Å². The summed E-state index contributed by atoms with van der Waals surface area (Å²) in [6.07, 6.45) is 3.32. The molecule has 5 heteroatoms. The van der Waals surface area contributed by atoms with E-state index in [-0.39, 0.29) is 5.56 Å². The first-order valence-corrected chi connectivity index (χ1v) is 5.21. The molecule has 86 valence electrons. The lowest BCUT2D eigenvalue weighted by molar-refractivity contribution is 0.0692. The number of aromatic carboxylic acids is 1. The normalized spacial score (nSPS) is 10.2. The van der Waals surface area contributed by atoms with Crippen molar-refractivity contribution in [1.29, 1.82) is 0 Å². The number of halogens is 1. The standard InChI is InChI=1S/C12H8FNO2S/c13-10-5-7(1-2-8(10)12(15)16)9-6-14-4-3-11(9)17/h1-6H,(H,14,17)(H,15,16). The van der Waals surface area contributed by atoms with Crippen LogP contribution in [0, 0.1) is 10.3 Å². The van der Waals surface area contributed by atoms with Gasteiger partial charge in [0.25, 0.3) is 0 Å². The third-order valence-electron chi connectivity index (χ3n) is 2.33. The Morgan fingerprint density at radius 1 is 1.35 bits per heavy atom. The zero-order valence-corrected chi connectivity index (χ0v) is 9.42. The van der Waals surface area contributed by atoms with Gasteiger partial charge < -0.3 is 10.1 Å². The summed E-state index contributed by atoms with van der Waals surface area (Å²) in [5.74, 6) is -2.06.